The van der Waals surface area contributed by atoms with Gasteiger partial charge in [0, 0.05) is 88.5 Å². The lowest BCUT2D eigenvalue weighted by Crippen LogP contribution is -2.26. The summed E-state index contributed by atoms with van der Waals surface area (Å²) in [7, 11) is 6.81. The van der Waals surface area contributed by atoms with E-state index in [0.29, 0.717) is 36.0 Å². The molecule has 0 bridgehead atoms. The van der Waals surface area contributed by atoms with Gasteiger partial charge in [0.1, 0.15) is 11.7 Å². The minimum atomic E-state index is -0.386. The second kappa shape index (κ2) is 18.6. The first-order chi connectivity index (χ1) is 21.4. The van der Waals surface area contributed by atoms with Crippen molar-refractivity contribution in [1.29, 1.82) is 0 Å². The van der Waals surface area contributed by atoms with Crippen LogP contribution >= 0.6 is 0 Å². The van der Waals surface area contributed by atoms with Crippen LogP contribution in [0.25, 0.3) is 0 Å². The largest absolute Gasteiger partial charge is 0.385 e. The van der Waals surface area contributed by atoms with Gasteiger partial charge in [0.25, 0.3) is 0 Å². The summed E-state index contributed by atoms with van der Waals surface area (Å²) in [5.41, 5.74) is 4.26. The summed E-state index contributed by atoms with van der Waals surface area (Å²) in [6.07, 6.45) is 1.75. The number of nitrogens with zero attached hydrogens (tertiary/aromatic N) is 2. The van der Waals surface area contributed by atoms with Crippen molar-refractivity contribution in [2.75, 3.05) is 75.9 Å². The monoisotopic (exact) mass is 602 g/mol. The van der Waals surface area contributed by atoms with Gasteiger partial charge in [0.15, 0.2) is 0 Å². The molecule has 0 unspecified atom stereocenters. The molecule has 0 saturated carbocycles. The van der Waals surface area contributed by atoms with E-state index >= 15 is 0 Å². The van der Waals surface area contributed by atoms with E-state index in [9.17, 15) is 9.59 Å². The molecule has 12 heteroatoms. The van der Waals surface area contributed by atoms with Crippen molar-refractivity contribution >= 4 is 46.5 Å². The molecule has 234 valence electrons. The van der Waals surface area contributed by atoms with Crippen molar-refractivity contribution in [2.24, 2.45) is 9.98 Å². The lowest BCUT2D eigenvalue weighted by Gasteiger charge is -2.12. The molecule has 4 amide bonds. The number of ether oxygens (including phenoxy) is 2. The number of benzene rings is 3. The molecule has 0 aromatic heterocycles. The Bertz CT molecular complexity index is 1270. The number of rotatable bonds is 14. The van der Waals surface area contributed by atoms with Crippen LogP contribution in [0.15, 0.2) is 82.8 Å². The van der Waals surface area contributed by atoms with Gasteiger partial charge in [-0.1, -0.05) is 0 Å². The van der Waals surface area contributed by atoms with E-state index in [-0.39, 0.29) is 12.1 Å². The first-order valence-electron chi connectivity index (χ1n) is 14.3. The Balaban J connectivity index is 1.44. The van der Waals surface area contributed by atoms with Crippen LogP contribution in [0.2, 0.25) is 0 Å². The van der Waals surface area contributed by atoms with E-state index in [1.165, 1.54) is 0 Å². The number of aliphatic imine (C=N–C) groups is 2. The van der Waals surface area contributed by atoms with E-state index in [4.69, 9.17) is 9.47 Å². The topological polar surface area (TPSA) is 150 Å². The highest BCUT2D eigenvalue weighted by Crippen LogP contribution is 2.16. The maximum Gasteiger partial charge on any atom is 0.323 e. The van der Waals surface area contributed by atoms with Crippen LogP contribution in [-0.2, 0) is 9.47 Å². The SMILES string of the molecule is CN=C(NCCCOC)c1ccc(NC(=O)Nc2ccc(NC(=O)Nc3ccc(C(=NC)NCCCOC)cc3)cc2)cc1. The number of methoxy groups -OCH3 is 2. The van der Waals surface area contributed by atoms with E-state index < -0.39 is 0 Å². The van der Waals surface area contributed by atoms with Gasteiger partial charge in [-0.05, 0) is 85.6 Å². The van der Waals surface area contributed by atoms with E-state index in [1.54, 1.807) is 52.6 Å². The molecular weight excluding hydrogens is 560 g/mol. The van der Waals surface area contributed by atoms with Gasteiger partial charge in [-0.2, -0.15) is 0 Å². The van der Waals surface area contributed by atoms with Gasteiger partial charge in [-0.3, -0.25) is 9.98 Å². The van der Waals surface area contributed by atoms with Gasteiger partial charge in [0.2, 0.25) is 0 Å². The summed E-state index contributed by atoms with van der Waals surface area (Å²) >= 11 is 0. The Labute approximate surface area is 258 Å². The number of carbonyl (C=O) groups excluding carboxylic acids is 2. The quantitative estimate of drug-likeness (QED) is 0.0871. The fourth-order valence-corrected chi connectivity index (χ4v) is 4.11. The maximum absolute atomic E-state index is 12.5. The van der Waals surface area contributed by atoms with Crippen molar-refractivity contribution in [2.45, 2.75) is 12.8 Å². The summed E-state index contributed by atoms with van der Waals surface area (Å²) in [5, 5.41) is 17.8. The van der Waals surface area contributed by atoms with Crippen LogP contribution in [0.4, 0.5) is 32.3 Å². The molecule has 0 saturated heterocycles. The maximum atomic E-state index is 12.5. The summed E-state index contributed by atoms with van der Waals surface area (Å²) in [5.74, 6) is 1.55. The van der Waals surface area contributed by atoms with Crippen LogP contribution in [0.1, 0.15) is 24.0 Å². The minimum absolute atomic E-state index is 0.386. The third-order valence-corrected chi connectivity index (χ3v) is 6.32. The van der Waals surface area contributed by atoms with Gasteiger partial charge in [0.05, 0.1) is 0 Å². The fraction of sp³-hybridized carbons (Fsp3) is 0.312. The summed E-state index contributed by atoms with van der Waals surface area (Å²) in [4.78, 5) is 33.6. The van der Waals surface area contributed by atoms with Crippen LogP contribution in [0.5, 0.6) is 0 Å². The van der Waals surface area contributed by atoms with Crippen molar-refractivity contribution in [1.82, 2.24) is 10.6 Å². The first kappa shape index (κ1) is 33.6. The number of anilines is 4. The number of amidine groups is 2. The standard InChI is InChI=1S/C32H42N8O4/c1-33-29(35-19-5-21-43-3)23-7-11-25(12-8-23)37-31(41)39-27-15-17-28(18-16-27)40-32(42)38-26-13-9-24(10-14-26)30(34-2)36-20-6-22-44-4/h7-18H,5-6,19-22H2,1-4H3,(H,33,35)(H,34,36)(H2,37,39,41)(H2,38,40,42). The number of hydrogen-bond donors (Lipinski definition) is 6. The molecule has 0 atom stereocenters. The number of hydrogen-bond acceptors (Lipinski definition) is 6. The van der Waals surface area contributed by atoms with Crippen LogP contribution in [0, 0.1) is 0 Å². The molecule has 0 aliphatic carbocycles. The lowest BCUT2D eigenvalue weighted by molar-refractivity contribution is 0.195. The fourth-order valence-electron chi connectivity index (χ4n) is 4.11. The molecule has 3 aromatic rings. The molecule has 0 heterocycles. The third kappa shape index (κ3) is 11.4. The van der Waals surface area contributed by atoms with Crippen LogP contribution in [0.3, 0.4) is 0 Å². The number of amides is 4. The molecule has 3 rings (SSSR count). The van der Waals surface area contributed by atoms with E-state index in [0.717, 1.165) is 48.7 Å². The Morgan fingerprint density at radius 3 is 1.11 bits per heavy atom. The second-order valence-corrected chi connectivity index (χ2v) is 9.58. The molecular formula is C32H42N8O4. The Morgan fingerprint density at radius 1 is 0.545 bits per heavy atom. The molecule has 0 radical (unpaired) electrons. The highest BCUT2D eigenvalue weighted by atomic mass is 16.5. The molecule has 12 nitrogen and oxygen atoms in total. The van der Waals surface area contributed by atoms with Crippen molar-refractivity contribution in [3.05, 3.63) is 83.9 Å². The van der Waals surface area contributed by atoms with Crippen molar-refractivity contribution < 1.29 is 19.1 Å². The van der Waals surface area contributed by atoms with E-state index in [2.05, 4.69) is 41.9 Å². The Hall–Kier alpha value is -4.94. The Kier molecular flexibility index (Phi) is 14.2. The molecule has 3 aromatic carbocycles. The Morgan fingerprint density at radius 2 is 0.841 bits per heavy atom. The highest BCUT2D eigenvalue weighted by molar-refractivity contribution is 6.03. The average molecular weight is 603 g/mol. The number of carbonyl (C=O) groups is 2. The molecule has 0 fully saturated rings. The van der Waals surface area contributed by atoms with Crippen LogP contribution in [-0.4, -0.2) is 78.4 Å². The normalized spacial score (nSPS) is 11.5. The summed E-state index contributed by atoms with van der Waals surface area (Å²) in [6.45, 7) is 2.86. The first-order valence-corrected chi connectivity index (χ1v) is 14.3. The predicted octanol–water partition coefficient (Wildman–Crippen LogP) is 4.98. The second-order valence-electron chi connectivity index (χ2n) is 9.58. The average Bonchev–Trinajstić information content (AvgIpc) is 3.03. The molecule has 0 spiro atoms. The molecule has 0 aliphatic heterocycles. The van der Waals surface area contributed by atoms with Gasteiger partial charge >= 0.3 is 12.1 Å². The zero-order valence-corrected chi connectivity index (χ0v) is 25.7. The minimum Gasteiger partial charge on any atom is -0.385 e. The third-order valence-electron chi connectivity index (χ3n) is 6.32. The summed E-state index contributed by atoms with van der Waals surface area (Å²) in [6, 6.07) is 20.9. The number of urea groups is 2. The zero-order chi connectivity index (χ0) is 31.6. The highest BCUT2D eigenvalue weighted by Gasteiger charge is 2.08. The predicted molar refractivity (Wildman–Crippen MR) is 179 cm³/mol. The van der Waals surface area contributed by atoms with Crippen molar-refractivity contribution in [3.63, 3.8) is 0 Å². The van der Waals surface area contributed by atoms with Gasteiger partial charge < -0.3 is 41.4 Å². The summed E-state index contributed by atoms with van der Waals surface area (Å²) < 4.78 is 10.1. The van der Waals surface area contributed by atoms with Crippen LogP contribution < -0.4 is 31.9 Å². The lowest BCUT2D eigenvalue weighted by atomic mass is 10.2. The smallest absolute Gasteiger partial charge is 0.323 e. The molecule has 0 aliphatic rings. The van der Waals surface area contributed by atoms with Gasteiger partial charge in [-0.25, -0.2) is 9.59 Å². The van der Waals surface area contributed by atoms with E-state index in [1.807, 2.05) is 48.5 Å². The van der Waals surface area contributed by atoms with Gasteiger partial charge in [-0.15, -0.1) is 0 Å². The van der Waals surface area contributed by atoms with Crippen molar-refractivity contribution in [3.8, 4) is 0 Å². The number of nitrogens with one attached hydrogen (secondary N) is 6. The molecule has 6 N–H and O–H groups in total. The molecule has 44 heavy (non-hydrogen) atoms. The zero-order valence-electron chi connectivity index (χ0n) is 25.7.